The smallest absolute Gasteiger partial charge is 0.258 e. The molecule has 0 saturated carbocycles. The topological polar surface area (TPSA) is 73.6 Å². The fraction of sp³-hybridized carbons (Fsp3) is 0.533. The van der Waals surface area contributed by atoms with Gasteiger partial charge in [0, 0.05) is 12.6 Å². The number of ether oxygens (including phenoxy) is 2. The highest BCUT2D eigenvalue weighted by molar-refractivity contribution is 5.77. The van der Waals surface area contributed by atoms with Crippen molar-refractivity contribution in [3.63, 3.8) is 0 Å². The number of carbonyl (C=O) groups excluding carboxylic acids is 1. The molecular weight excluding hydrogens is 256 g/mol. The summed E-state index contributed by atoms with van der Waals surface area (Å²) in [6, 6.07) is 5.64. The van der Waals surface area contributed by atoms with E-state index in [1.807, 2.05) is 26.0 Å². The van der Waals surface area contributed by atoms with Crippen molar-refractivity contribution in [3.05, 3.63) is 23.8 Å². The quantitative estimate of drug-likeness (QED) is 0.762. The Balaban J connectivity index is 2.58. The van der Waals surface area contributed by atoms with E-state index >= 15 is 0 Å². The van der Waals surface area contributed by atoms with E-state index in [1.165, 1.54) is 0 Å². The lowest BCUT2D eigenvalue weighted by Gasteiger charge is -2.16. The number of nitrogens with one attached hydrogen (secondary N) is 1. The van der Waals surface area contributed by atoms with Gasteiger partial charge in [0.2, 0.25) is 0 Å². The molecule has 5 heteroatoms. The molecule has 1 rings (SSSR count). The molecule has 3 N–H and O–H groups in total. The van der Waals surface area contributed by atoms with Gasteiger partial charge in [-0.3, -0.25) is 4.79 Å². The maximum atomic E-state index is 11.8. The molecule has 1 aromatic rings. The van der Waals surface area contributed by atoms with Gasteiger partial charge in [0.15, 0.2) is 18.1 Å². The molecule has 0 aliphatic rings. The van der Waals surface area contributed by atoms with E-state index in [9.17, 15) is 4.79 Å². The van der Waals surface area contributed by atoms with Gasteiger partial charge in [0.25, 0.3) is 5.91 Å². The fourth-order valence-electron chi connectivity index (χ4n) is 1.86. The Kier molecular flexibility index (Phi) is 6.87. The molecule has 0 aromatic heterocycles. The molecule has 0 saturated heterocycles. The number of hydrogen-bond acceptors (Lipinski definition) is 4. The Morgan fingerprint density at radius 3 is 2.55 bits per heavy atom. The van der Waals surface area contributed by atoms with Gasteiger partial charge in [0.05, 0.1) is 7.11 Å². The van der Waals surface area contributed by atoms with Crippen LogP contribution in [0.5, 0.6) is 11.5 Å². The second kappa shape index (κ2) is 8.43. The first kappa shape index (κ1) is 16.3. The van der Waals surface area contributed by atoms with Crippen molar-refractivity contribution in [3.8, 4) is 11.5 Å². The molecule has 0 unspecified atom stereocenters. The Bertz CT molecular complexity index is 431. The van der Waals surface area contributed by atoms with E-state index < -0.39 is 0 Å². The van der Waals surface area contributed by atoms with Crippen molar-refractivity contribution in [2.45, 2.75) is 39.3 Å². The van der Waals surface area contributed by atoms with E-state index in [4.69, 9.17) is 15.2 Å². The van der Waals surface area contributed by atoms with Crippen LogP contribution in [0.4, 0.5) is 0 Å². The number of methoxy groups -OCH3 is 1. The number of benzene rings is 1. The second-order valence-electron chi connectivity index (χ2n) is 4.56. The molecule has 0 spiro atoms. The second-order valence-corrected chi connectivity index (χ2v) is 4.56. The minimum atomic E-state index is -0.122. The van der Waals surface area contributed by atoms with Crippen LogP contribution < -0.4 is 20.5 Å². The summed E-state index contributed by atoms with van der Waals surface area (Å²) in [6.45, 7) is 4.51. The molecule has 112 valence electrons. The summed E-state index contributed by atoms with van der Waals surface area (Å²) in [6.07, 6.45) is 1.83. The maximum absolute atomic E-state index is 11.8. The summed E-state index contributed by atoms with van der Waals surface area (Å²) in [5.41, 5.74) is 6.52. The van der Waals surface area contributed by atoms with Gasteiger partial charge < -0.3 is 20.5 Å². The Labute approximate surface area is 120 Å². The number of rotatable bonds is 8. The van der Waals surface area contributed by atoms with Crippen LogP contribution in [-0.4, -0.2) is 25.7 Å². The molecule has 20 heavy (non-hydrogen) atoms. The Morgan fingerprint density at radius 2 is 2.00 bits per heavy atom. The van der Waals surface area contributed by atoms with Crippen LogP contribution in [0.1, 0.15) is 32.3 Å². The lowest BCUT2D eigenvalue weighted by Crippen LogP contribution is -2.37. The molecule has 1 aromatic carbocycles. The summed E-state index contributed by atoms with van der Waals surface area (Å²) >= 11 is 0. The molecule has 0 aliphatic heterocycles. The van der Waals surface area contributed by atoms with Crippen molar-refractivity contribution < 1.29 is 14.3 Å². The minimum Gasteiger partial charge on any atom is -0.493 e. The molecule has 0 heterocycles. The zero-order chi connectivity index (χ0) is 15.0. The van der Waals surface area contributed by atoms with Crippen molar-refractivity contribution in [1.82, 2.24) is 5.32 Å². The Morgan fingerprint density at radius 1 is 1.30 bits per heavy atom. The van der Waals surface area contributed by atoms with Crippen LogP contribution >= 0.6 is 0 Å². The van der Waals surface area contributed by atoms with Crippen LogP contribution in [0.3, 0.4) is 0 Å². The first-order valence-corrected chi connectivity index (χ1v) is 6.93. The zero-order valence-corrected chi connectivity index (χ0v) is 12.4. The highest BCUT2D eigenvalue weighted by Crippen LogP contribution is 2.27. The summed E-state index contributed by atoms with van der Waals surface area (Å²) in [5.74, 6) is 1.01. The molecule has 0 atom stereocenters. The highest BCUT2D eigenvalue weighted by Gasteiger charge is 2.11. The van der Waals surface area contributed by atoms with Crippen LogP contribution in [0.25, 0.3) is 0 Å². The van der Waals surface area contributed by atoms with Gasteiger partial charge in [-0.1, -0.05) is 19.9 Å². The first-order chi connectivity index (χ1) is 9.64. The van der Waals surface area contributed by atoms with E-state index in [1.54, 1.807) is 13.2 Å². The number of amides is 1. The van der Waals surface area contributed by atoms with Crippen LogP contribution in [0.15, 0.2) is 18.2 Å². The van der Waals surface area contributed by atoms with Crippen molar-refractivity contribution in [2.75, 3.05) is 13.7 Å². The molecular formula is C15H24N2O3. The monoisotopic (exact) mass is 280 g/mol. The lowest BCUT2D eigenvalue weighted by atomic mass is 10.2. The maximum Gasteiger partial charge on any atom is 0.258 e. The van der Waals surface area contributed by atoms with Gasteiger partial charge in [0.1, 0.15) is 0 Å². The molecule has 0 fully saturated rings. The molecule has 5 nitrogen and oxygen atoms in total. The largest absolute Gasteiger partial charge is 0.493 e. The summed E-state index contributed by atoms with van der Waals surface area (Å²) < 4.78 is 10.7. The zero-order valence-electron chi connectivity index (χ0n) is 12.4. The predicted octanol–water partition coefficient (Wildman–Crippen LogP) is 1.84. The summed E-state index contributed by atoms with van der Waals surface area (Å²) in [7, 11) is 1.56. The first-order valence-electron chi connectivity index (χ1n) is 6.93. The van der Waals surface area contributed by atoms with Gasteiger partial charge in [-0.25, -0.2) is 0 Å². The summed E-state index contributed by atoms with van der Waals surface area (Å²) in [5, 5.41) is 2.92. The van der Waals surface area contributed by atoms with Gasteiger partial charge in [-0.05, 0) is 30.5 Å². The third-order valence-electron chi connectivity index (χ3n) is 3.17. The average molecular weight is 280 g/mol. The van der Waals surface area contributed by atoms with Crippen LogP contribution in [0.2, 0.25) is 0 Å². The van der Waals surface area contributed by atoms with E-state index in [2.05, 4.69) is 5.32 Å². The molecule has 0 aliphatic carbocycles. The number of carbonyl (C=O) groups is 1. The van der Waals surface area contributed by atoms with Crippen molar-refractivity contribution in [1.29, 1.82) is 0 Å². The van der Waals surface area contributed by atoms with Crippen LogP contribution in [0, 0.1) is 0 Å². The van der Waals surface area contributed by atoms with Crippen molar-refractivity contribution >= 4 is 5.91 Å². The SMILES string of the molecule is CCC(CC)NC(=O)COc1ccc(CN)cc1OC. The van der Waals surface area contributed by atoms with Crippen molar-refractivity contribution in [2.24, 2.45) is 5.73 Å². The van der Waals surface area contributed by atoms with E-state index in [0.717, 1.165) is 18.4 Å². The number of hydrogen-bond donors (Lipinski definition) is 2. The van der Waals surface area contributed by atoms with Crippen LogP contribution in [-0.2, 0) is 11.3 Å². The van der Waals surface area contributed by atoms with Gasteiger partial charge >= 0.3 is 0 Å². The molecule has 0 bridgehead atoms. The average Bonchev–Trinajstić information content (AvgIpc) is 2.50. The van der Waals surface area contributed by atoms with E-state index in [-0.39, 0.29) is 18.6 Å². The lowest BCUT2D eigenvalue weighted by molar-refractivity contribution is -0.123. The summed E-state index contributed by atoms with van der Waals surface area (Å²) in [4.78, 5) is 11.8. The Hall–Kier alpha value is -1.75. The van der Waals surface area contributed by atoms with Gasteiger partial charge in [-0.2, -0.15) is 0 Å². The normalized spacial score (nSPS) is 10.4. The predicted molar refractivity (Wildman–Crippen MR) is 78.9 cm³/mol. The number of nitrogens with two attached hydrogens (primary N) is 1. The molecule has 1 amide bonds. The standard InChI is InChI=1S/C15H24N2O3/c1-4-12(5-2)17-15(18)10-20-13-7-6-11(9-16)8-14(13)19-3/h6-8,12H,4-5,9-10,16H2,1-3H3,(H,17,18). The molecule has 0 radical (unpaired) electrons. The highest BCUT2D eigenvalue weighted by atomic mass is 16.5. The fourth-order valence-corrected chi connectivity index (χ4v) is 1.86. The third-order valence-corrected chi connectivity index (χ3v) is 3.17. The minimum absolute atomic E-state index is 0.0190. The van der Waals surface area contributed by atoms with E-state index in [0.29, 0.717) is 18.0 Å². The van der Waals surface area contributed by atoms with Gasteiger partial charge in [-0.15, -0.1) is 0 Å². The third kappa shape index (κ3) is 4.74.